The number of anilines is 1. The van der Waals surface area contributed by atoms with E-state index in [2.05, 4.69) is 15.0 Å². The smallest absolute Gasteiger partial charge is 0.230 e. The number of rotatable bonds is 3. The minimum absolute atomic E-state index is 0.0548. The molecule has 1 heterocycles. The summed E-state index contributed by atoms with van der Waals surface area (Å²) >= 11 is 5.76. The lowest BCUT2D eigenvalue weighted by molar-refractivity contribution is 0.102. The summed E-state index contributed by atoms with van der Waals surface area (Å²) in [5.74, 6) is 0.316. The van der Waals surface area contributed by atoms with E-state index in [0.29, 0.717) is 22.8 Å². The van der Waals surface area contributed by atoms with Crippen LogP contribution in [-0.4, -0.2) is 20.7 Å². The van der Waals surface area contributed by atoms with Gasteiger partial charge in [0.1, 0.15) is 5.82 Å². The molecule has 0 spiro atoms. The van der Waals surface area contributed by atoms with Crippen LogP contribution in [0.3, 0.4) is 0 Å². The third-order valence-electron chi connectivity index (χ3n) is 2.32. The highest BCUT2D eigenvalue weighted by molar-refractivity contribution is 6.30. The predicted molar refractivity (Wildman–Crippen MR) is 68.5 cm³/mol. The Kier molecular flexibility index (Phi) is 3.53. The Labute approximate surface area is 109 Å². The highest BCUT2D eigenvalue weighted by Crippen LogP contribution is 2.12. The summed E-state index contributed by atoms with van der Waals surface area (Å²) in [6.07, 6.45) is 0.591. The summed E-state index contributed by atoms with van der Waals surface area (Å²) in [6, 6.07) is 6.52. The molecule has 0 saturated heterocycles. The molecule has 0 bridgehead atoms. The normalized spacial score (nSPS) is 10.3. The van der Waals surface area contributed by atoms with Gasteiger partial charge in [0.05, 0.1) is 0 Å². The summed E-state index contributed by atoms with van der Waals surface area (Å²) in [4.78, 5) is 24.0. The van der Waals surface area contributed by atoms with Gasteiger partial charge in [-0.2, -0.15) is 9.97 Å². The summed E-state index contributed by atoms with van der Waals surface area (Å²) in [7, 11) is 0. The molecular formula is C12H11ClN4O. The molecular weight excluding hydrogens is 252 g/mol. The van der Waals surface area contributed by atoms with E-state index in [1.165, 1.54) is 0 Å². The van der Waals surface area contributed by atoms with Gasteiger partial charge < -0.3 is 5.73 Å². The van der Waals surface area contributed by atoms with Crippen molar-refractivity contribution >= 4 is 23.3 Å². The molecule has 1 aromatic carbocycles. The summed E-state index contributed by atoms with van der Waals surface area (Å²) in [6.45, 7) is 1.88. The molecule has 0 radical (unpaired) electrons. The number of hydrogen-bond acceptors (Lipinski definition) is 5. The SMILES string of the molecule is CCc1nc(N)nc(C(=O)c2ccc(Cl)cc2)n1. The van der Waals surface area contributed by atoms with Gasteiger partial charge in [0, 0.05) is 17.0 Å². The van der Waals surface area contributed by atoms with Crippen LogP contribution in [0.25, 0.3) is 0 Å². The topological polar surface area (TPSA) is 81.8 Å². The predicted octanol–water partition coefficient (Wildman–Crippen LogP) is 1.90. The van der Waals surface area contributed by atoms with Gasteiger partial charge in [-0.15, -0.1) is 0 Å². The van der Waals surface area contributed by atoms with Crippen LogP contribution in [0.1, 0.15) is 28.9 Å². The summed E-state index contributed by atoms with van der Waals surface area (Å²) in [5, 5.41) is 0.566. The Morgan fingerprint density at radius 1 is 1.22 bits per heavy atom. The molecule has 0 aliphatic carbocycles. The largest absolute Gasteiger partial charge is 0.368 e. The van der Waals surface area contributed by atoms with E-state index in [-0.39, 0.29) is 17.6 Å². The lowest BCUT2D eigenvalue weighted by Crippen LogP contribution is -2.12. The fourth-order valence-corrected chi connectivity index (χ4v) is 1.55. The number of halogens is 1. The van der Waals surface area contributed by atoms with Gasteiger partial charge in [-0.25, -0.2) is 4.98 Å². The second-order valence-corrected chi connectivity index (χ2v) is 4.06. The number of hydrogen-bond donors (Lipinski definition) is 1. The van der Waals surface area contributed by atoms with E-state index >= 15 is 0 Å². The summed E-state index contributed by atoms with van der Waals surface area (Å²) in [5.41, 5.74) is 6.00. The van der Waals surface area contributed by atoms with Crippen molar-refractivity contribution < 1.29 is 4.79 Å². The zero-order chi connectivity index (χ0) is 13.1. The molecule has 0 aliphatic heterocycles. The average molecular weight is 263 g/mol. The minimum Gasteiger partial charge on any atom is -0.368 e. The Morgan fingerprint density at radius 2 is 1.89 bits per heavy atom. The molecule has 0 saturated carbocycles. The number of carbonyl (C=O) groups is 1. The first-order valence-corrected chi connectivity index (χ1v) is 5.78. The first kappa shape index (κ1) is 12.4. The van der Waals surface area contributed by atoms with Gasteiger partial charge in [-0.3, -0.25) is 4.79 Å². The van der Waals surface area contributed by atoms with Crippen molar-refractivity contribution in [2.75, 3.05) is 5.73 Å². The third-order valence-corrected chi connectivity index (χ3v) is 2.58. The van der Waals surface area contributed by atoms with Crippen LogP contribution in [0, 0.1) is 0 Å². The van der Waals surface area contributed by atoms with Crippen molar-refractivity contribution in [3.8, 4) is 0 Å². The number of benzene rings is 1. The second-order valence-electron chi connectivity index (χ2n) is 3.62. The number of nitrogens with two attached hydrogens (primary N) is 1. The van der Waals surface area contributed by atoms with Crippen LogP contribution in [0.4, 0.5) is 5.95 Å². The molecule has 6 heteroatoms. The molecule has 92 valence electrons. The van der Waals surface area contributed by atoms with Crippen molar-refractivity contribution in [1.29, 1.82) is 0 Å². The quantitative estimate of drug-likeness (QED) is 0.855. The van der Waals surface area contributed by atoms with E-state index in [1.54, 1.807) is 24.3 Å². The van der Waals surface area contributed by atoms with Crippen molar-refractivity contribution in [3.63, 3.8) is 0 Å². The van der Waals surface area contributed by atoms with E-state index in [9.17, 15) is 4.79 Å². The van der Waals surface area contributed by atoms with Crippen LogP contribution in [-0.2, 0) is 6.42 Å². The number of nitrogen functional groups attached to an aromatic ring is 1. The summed E-state index contributed by atoms with van der Waals surface area (Å²) < 4.78 is 0. The maximum Gasteiger partial charge on any atom is 0.230 e. The molecule has 2 rings (SSSR count). The molecule has 0 aliphatic rings. The van der Waals surface area contributed by atoms with Crippen LogP contribution < -0.4 is 5.73 Å². The molecule has 0 fully saturated rings. The number of nitrogens with zero attached hydrogens (tertiary/aromatic N) is 3. The highest BCUT2D eigenvalue weighted by atomic mass is 35.5. The molecule has 18 heavy (non-hydrogen) atoms. The van der Waals surface area contributed by atoms with Crippen molar-refractivity contribution in [2.45, 2.75) is 13.3 Å². The zero-order valence-corrected chi connectivity index (χ0v) is 10.5. The van der Waals surface area contributed by atoms with Crippen LogP contribution in [0.15, 0.2) is 24.3 Å². The van der Waals surface area contributed by atoms with E-state index in [0.717, 1.165) is 0 Å². The van der Waals surface area contributed by atoms with Crippen molar-refractivity contribution in [1.82, 2.24) is 15.0 Å². The lowest BCUT2D eigenvalue weighted by Gasteiger charge is -2.03. The van der Waals surface area contributed by atoms with E-state index in [4.69, 9.17) is 17.3 Å². The fraction of sp³-hybridized carbons (Fsp3) is 0.167. The Bertz CT molecular complexity index is 583. The van der Waals surface area contributed by atoms with Gasteiger partial charge in [0.15, 0.2) is 0 Å². The van der Waals surface area contributed by atoms with Crippen LogP contribution in [0.5, 0.6) is 0 Å². The Morgan fingerprint density at radius 3 is 2.50 bits per heavy atom. The molecule has 2 aromatic rings. The van der Waals surface area contributed by atoms with Gasteiger partial charge in [0.2, 0.25) is 17.6 Å². The van der Waals surface area contributed by atoms with Gasteiger partial charge in [-0.1, -0.05) is 18.5 Å². The molecule has 5 nitrogen and oxygen atoms in total. The lowest BCUT2D eigenvalue weighted by atomic mass is 10.1. The number of carbonyl (C=O) groups excluding carboxylic acids is 1. The van der Waals surface area contributed by atoms with Gasteiger partial charge in [-0.05, 0) is 24.3 Å². The monoisotopic (exact) mass is 262 g/mol. The maximum absolute atomic E-state index is 12.1. The minimum atomic E-state index is -0.296. The van der Waals surface area contributed by atoms with Crippen LogP contribution >= 0.6 is 11.6 Å². The molecule has 0 unspecified atom stereocenters. The molecule has 2 N–H and O–H groups in total. The average Bonchev–Trinajstić information content (AvgIpc) is 2.38. The molecule has 0 amide bonds. The van der Waals surface area contributed by atoms with Gasteiger partial charge >= 0.3 is 0 Å². The fourth-order valence-electron chi connectivity index (χ4n) is 1.43. The highest BCUT2D eigenvalue weighted by Gasteiger charge is 2.14. The number of ketones is 1. The Balaban J connectivity index is 2.39. The second kappa shape index (κ2) is 5.10. The standard InChI is InChI=1S/C12H11ClN4O/c1-2-9-15-11(17-12(14)16-9)10(18)7-3-5-8(13)6-4-7/h3-6H,2H2,1H3,(H2,14,15,16,17). The zero-order valence-electron chi connectivity index (χ0n) is 9.72. The molecule has 1 aromatic heterocycles. The first-order valence-electron chi connectivity index (χ1n) is 5.41. The van der Waals surface area contributed by atoms with Gasteiger partial charge in [0.25, 0.3) is 0 Å². The van der Waals surface area contributed by atoms with E-state index in [1.807, 2.05) is 6.92 Å². The third kappa shape index (κ3) is 2.62. The first-order chi connectivity index (χ1) is 8.60. The number of aromatic nitrogens is 3. The van der Waals surface area contributed by atoms with Crippen molar-refractivity contribution in [2.24, 2.45) is 0 Å². The Hall–Kier alpha value is -2.01. The maximum atomic E-state index is 12.1. The van der Waals surface area contributed by atoms with Crippen molar-refractivity contribution in [3.05, 3.63) is 46.5 Å². The van der Waals surface area contributed by atoms with E-state index < -0.39 is 0 Å². The van der Waals surface area contributed by atoms with Crippen LogP contribution in [0.2, 0.25) is 5.02 Å². The number of aryl methyl sites for hydroxylation is 1. The molecule has 0 atom stereocenters.